The lowest BCUT2D eigenvalue weighted by atomic mass is 10.0. The van der Waals surface area contributed by atoms with Crippen molar-refractivity contribution in [2.24, 2.45) is 0 Å². The maximum atomic E-state index is 12.6. The number of ketones is 1. The normalized spacial score (nSPS) is 11.5. The number of carboxylic acids is 1. The van der Waals surface area contributed by atoms with Crippen molar-refractivity contribution in [2.45, 2.75) is 12.5 Å². The zero-order chi connectivity index (χ0) is 19.3. The number of hydrogen-bond acceptors (Lipinski definition) is 5. The van der Waals surface area contributed by atoms with E-state index in [0.29, 0.717) is 16.1 Å². The van der Waals surface area contributed by atoms with Crippen LogP contribution < -0.4 is 4.74 Å². The van der Waals surface area contributed by atoms with Crippen LogP contribution in [0.25, 0.3) is 0 Å². The van der Waals surface area contributed by atoms with Gasteiger partial charge >= 0.3 is 11.9 Å². The Kier molecular flexibility index (Phi) is 6.76. The van der Waals surface area contributed by atoms with Gasteiger partial charge < -0.3 is 14.6 Å². The molecular weight excluding hydrogens is 428 g/mol. The number of hydrogen-bond donors (Lipinski definition) is 1. The number of benzene rings is 2. The van der Waals surface area contributed by atoms with Gasteiger partial charge in [-0.2, -0.15) is 0 Å². The van der Waals surface area contributed by atoms with Crippen LogP contribution in [-0.4, -0.2) is 36.0 Å². The standard InChI is InChI=1S/C18H14BrClO6/c1-25-18(24)15(9-16(21)22)26-12-5-2-10(3-6-12)17(23)13-8-11(19)4-7-14(13)20/h2-8,15H,9H2,1H3,(H,21,22)/t15-/m0/s1. The maximum absolute atomic E-state index is 12.6. The van der Waals surface area contributed by atoms with Crippen molar-refractivity contribution < 1.29 is 29.0 Å². The zero-order valence-corrected chi connectivity index (χ0v) is 15.9. The number of esters is 1. The van der Waals surface area contributed by atoms with Crippen LogP contribution in [0.1, 0.15) is 22.3 Å². The lowest BCUT2D eigenvalue weighted by Gasteiger charge is -2.15. The highest BCUT2D eigenvalue weighted by Gasteiger charge is 2.24. The lowest BCUT2D eigenvalue weighted by Crippen LogP contribution is -2.31. The summed E-state index contributed by atoms with van der Waals surface area (Å²) in [6.45, 7) is 0. The highest BCUT2D eigenvalue weighted by Crippen LogP contribution is 2.25. The summed E-state index contributed by atoms with van der Waals surface area (Å²) in [5.41, 5.74) is 0.707. The lowest BCUT2D eigenvalue weighted by molar-refractivity contribution is -0.154. The Morgan fingerprint density at radius 3 is 2.38 bits per heavy atom. The Bertz CT molecular complexity index is 834. The predicted octanol–water partition coefficient (Wildman–Crippen LogP) is 3.73. The second-order valence-corrected chi connectivity index (χ2v) is 6.53. The van der Waals surface area contributed by atoms with Crippen LogP contribution in [0.5, 0.6) is 5.75 Å². The number of rotatable bonds is 7. The minimum absolute atomic E-state index is 0.235. The number of methoxy groups -OCH3 is 1. The molecular formula is C18H14BrClO6. The van der Waals surface area contributed by atoms with Gasteiger partial charge in [-0.1, -0.05) is 27.5 Å². The second-order valence-electron chi connectivity index (χ2n) is 5.21. The third-order valence-electron chi connectivity index (χ3n) is 3.39. The monoisotopic (exact) mass is 440 g/mol. The Hall–Kier alpha value is -2.38. The third kappa shape index (κ3) is 5.06. The van der Waals surface area contributed by atoms with Crippen LogP contribution in [-0.2, 0) is 14.3 Å². The van der Waals surface area contributed by atoms with Gasteiger partial charge in [-0.3, -0.25) is 9.59 Å². The molecule has 0 aliphatic rings. The number of carbonyl (C=O) groups excluding carboxylic acids is 2. The van der Waals surface area contributed by atoms with E-state index in [-0.39, 0.29) is 11.5 Å². The van der Waals surface area contributed by atoms with Gasteiger partial charge in [0.05, 0.1) is 18.6 Å². The number of carboxylic acid groups (broad SMARTS) is 1. The summed E-state index contributed by atoms with van der Waals surface area (Å²) in [6, 6.07) is 10.9. The maximum Gasteiger partial charge on any atom is 0.347 e. The largest absolute Gasteiger partial charge is 0.481 e. The molecule has 0 amide bonds. The van der Waals surface area contributed by atoms with Crippen molar-refractivity contribution in [2.75, 3.05) is 7.11 Å². The summed E-state index contributed by atoms with van der Waals surface area (Å²) < 4.78 is 10.6. The van der Waals surface area contributed by atoms with Gasteiger partial charge in [0.15, 0.2) is 5.78 Å². The van der Waals surface area contributed by atoms with Crippen molar-refractivity contribution >= 4 is 45.3 Å². The number of halogens is 2. The smallest absolute Gasteiger partial charge is 0.347 e. The number of ether oxygens (including phenoxy) is 2. The fourth-order valence-corrected chi connectivity index (χ4v) is 2.70. The Labute approximate surface area is 162 Å². The van der Waals surface area contributed by atoms with Gasteiger partial charge in [-0.25, -0.2) is 4.79 Å². The summed E-state index contributed by atoms with van der Waals surface area (Å²) in [6.07, 6.45) is -1.82. The molecule has 0 radical (unpaired) electrons. The van der Waals surface area contributed by atoms with E-state index in [1.165, 1.54) is 24.3 Å². The Balaban J connectivity index is 2.19. The average Bonchev–Trinajstić information content (AvgIpc) is 2.62. The molecule has 0 unspecified atom stereocenters. The molecule has 136 valence electrons. The topological polar surface area (TPSA) is 89.9 Å². The first-order chi connectivity index (χ1) is 12.3. The van der Waals surface area contributed by atoms with E-state index in [1.54, 1.807) is 18.2 Å². The van der Waals surface area contributed by atoms with Crippen LogP contribution in [0.15, 0.2) is 46.9 Å². The molecule has 2 aromatic rings. The van der Waals surface area contributed by atoms with E-state index in [2.05, 4.69) is 20.7 Å². The van der Waals surface area contributed by atoms with E-state index < -0.39 is 24.5 Å². The van der Waals surface area contributed by atoms with Crippen LogP contribution in [0, 0.1) is 0 Å². The van der Waals surface area contributed by atoms with Crippen LogP contribution in [0.2, 0.25) is 5.02 Å². The molecule has 2 rings (SSSR count). The molecule has 0 aromatic heterocycles. The number of carbonyl (C=O) groups is 3. The summed E-state index contributed by atoms with van der Waals surface area (Å²) >= 11 is 9.36. The molecule has 0 heterocycles. The van der Waals surface area contributed by atoms with Crippen molar-refractivity contribution in [1.82, 2.24) is 0 Å². The third-order valence-corrected chi connectivity index (χ3v) is 4.21. The van der Waals surface area contributed by atoms with Gasteiger partial charge in [0.2, 0.25) is 6.10 Å². The summed E-state index contributed by atoms with van der Waals surface area (Å²) in [7, 11) is 1.14. The number of aliphatic carboxylic acids is 1. The summed E-state index contributed by atoms with van der Waals surface area (Å²) in [5.74, 6) is -2.04. The Morgan fingerprint density at radius 2 is 1.81 bits per heavy atom. The Morgan fingerprint density at radius 1 is 1.15 bits per heavy atom. The van der Waals surface area contributed by atoms with E-state index in [0.717, 1.165) is 11.6 Å². The highest BCUT2D eigenvalue weighted by molar-refractivity contribution is 9.10. The average molecular weight is 442 g/mol. The van der Waals surface area contributed by atoms with E-state index in [1.807, 2.05) is 0 Å². The molecule has 0 spiro atoms. The predicted molar refractivity (Wildman–Crippen MR) is 97.7 cm³/mol. The SMILES string of the molecule is COC(=O)[C@H](CC(=O)O)Oc1ccc(C(=O)c2cc(Br)ccc2Cl)cc1. The molecule has 0 aliphatic heterocycles. The fourth-order valence-electron chi connectivity index (χ4n) is 2.14. The van der Waals surface area contributed by atoms with E-state index in [4.69, 9.17) is 21.4 Å². The molecule has 0 aliphatic carbocycles. The van der Waals surface area contributed by atoms with Crippen molar-refractivity contribution in [3.05, 3.63) is 63.1 Å². The van der Waals surface area contributed by atoms with Gasteiger partial charge in [-0.05, 0) is 42.5 Å². The first-order valence-corrected chi connectivity index (χ1v) is 8.55. The zero-order valence-electron chi connectivity index (χ0n) is 13.6. The van der Waals surface area contributed by atoms with Gasteiger partial charge in [0.1, 0.15) is 5.75 Å². The van der Waals surface area contributed by atoms with Gasteiger partial charge in [-0.15, -0.1) is 0 Å². The molecule has 0 saturated carbocycles. The van der Waals surface area contributed by atoms with E-state index in [9.17, 15) is 14.4 Å². The van der Waals surface area contributed by atoms with Crippen molar-refractivity contribution in [3.8, 4) is 5.75 Å². The molecule has 0 bridgehead atoms. The molecule has 1 N–H and O–H groups in total. The second kappa shape index (κ2) is 8.82. The summed E-state index contributed by atoms with van der Waals surface area (Å²) in [4.78, 5) is 35.0. The summed E-state index contributed by atoms with van der Waals surface area (Å²) in [5, 5.41) is 9.17. The van der Waals surface area contributed by atoms with Gasteiger partial charge in [0.25, 0.3) is 0 Å². The molecule has 0 fully saturated rings. The first-order valence-electron chi connectivity index (χ1n) is 7.38. The van der Waals surface area contributed by atoms with Crippen molar-refractivity contribution in [1.29, 1.82) is 0 Å². The highest BCUT2D eigenvalue weighted by atomic mass is 79.9. The molecule has 2 aromatic carbocycles. The molecule has 6 nitrogen and oxygen atoms in total. The van der Waals surface area contributed by atoms with Crippen molar-refractivity contribution in [3.63, 3.8) is 0 Å². The van der Waals surface area contributed by atoms with E-state index >= 15 is 0 Å². The molecule has 26 heavy (non-hydrogen) atoms. The minimum Gasteiger partial charge on any atom is -0.481 e. The molecule has 0 saturated heterocycles. The first kappa shape index (κ1) is 19.9. The van der Waals surface area contributed by atoms with Crippen LogP contribution >= 0.6 is 27.5 Å². The van der Waals surface area contributed by atoms with Crippen LogP contribution in [0.4, 0.5) is 0 Å². The van der Waals surface area contributed by atoms with Gasteiger partial charge in [0, 0.05) is 15.6 Å². The fraction of sp³-hybridized carbons (Fsp3) is 0.167. The molecule has 8 heteroatoms. The molecule has 1 atom stereocenters. The quantitative estimate of drug-likeness (QED) is 0.520. The minimum atomic E-state index is -1.28. The van der Waals surface area contributed by atoms with Crippen LogP contribution in [0.3, 0.4) is 0 Å².